The fourth-order valence-corrected chi connectivity index (χ4v) is 0. The Morgan fingerprint density at radius 3 is 0.160 bits per heavy atom. The van der Waals surface area contributed by atoms with Gasteiger partial charge in [-0.3, -0.25) is 0 Å². The van der Waals surface area contributed by atoms with Crippen LogP contribution in [0.2, 0.25) is 0 Å². The van der Waals surface area contributed by atoms with E-state index in [4.69, 9.17) is 131 Å². The van der Waals surface area contributed by atoms with Crippen molar-refractivity contribution >= 4 is 0 Å². The van der Waals surface area contributed by atoms with Gasteiger partial charge in [0.15, 0.2) is 69.4 Å². The maximum atomic E-state index is 8.11. The zero-order valence-corrected chi connectivity index (χ0v) is 49.9. The molecule has 0 rings (SSSR count). The molecule has 0 aliphatic rings. The van der Waals surface area contributed by atoms with Gasteiger partial charge in [-0.25, -0.2) is 0 Å². The Labute approximate surface area is 531 Å². The minimum Gasteiger partial charge on any atom is -1.00 e. The summed E-state index contributed by atoms with van der Waals surface area (Å²) in [4.78, 5) is 105. The second kappa shape index (κ2) is 521. The second-order valence-corrected chi connectivity index (χ2v) is 1.06. The van der Waals surface area contributed by atoms with E-state index in [9.17, 15) is 0 Å². The molecule has 0 aliphatic heterocycles. The Balaban J connectivity index is -0.00000000353. The van der Waals surface area contributed by atoms with E-state index in [-0.39, 0.29) is 341 Å². The van der Waals surface area contributed by atoms with Gasteiger partial charge < -0.3 is 83.4 Å². The van der Waals surface area contributed by atoms with Gasteiger partial charge in [0.2, 0.25) is 0 Å². The van der Waals surface area contributed by atoms with Crippen molar-refractivity contribution in [2.24, 2.45) is 69.4 Å². The topological polar surface area (TPSA) is 646 Å². The van der Waals surface area contributed by atoms with Crippen LogP contribution < -0.4 is 325 Å². The molecule has 0 aromatic carbocycles. The van der Waals surface area contributed by atoms with Crippen LogP contribution in [0.1, 0.15) is 15.7 Å². The van der Waals surface area contributed by atoms with Gasteiger partial charge in [-0.05, 0) is 0 Å². The van der Waals surface area contributed by atoms with E-state index < -0.39 is 0 Å². The second-order valence-electron chi connectivity index (χ2n) is 1.06. The van der Waals surface area contributed by atoms with Crippen LogP contribution in [0, 0.1) is 63.8 Å². The first-order chi connectivity index (χ1) is 18.4. The summed E-state index contributed by atoms with van der Waals surface area (Å²) >= 11 is 0. The van der Waals surface area contributed by atoms with Crippen LogP contribution in [0.25, 0.3) is 0 Å². The molecule has 0 spiro atoms. The van der Waals surface area contributed by atoms with Gasteiger partial charge in [-0.1, -0.05) is 0 Å². The molecule has 0 atom stereocenters. The molecule has 0 radical (unpaired) electrons. The van der Waals surface area contributed by atoms with E-state index in [1.54, 1.807) is 0 Å². The van der Waals surface area contributed by atoms with Crippen LogP contribution in [0.15, 0.2) is 69.4 Å². The maximum Gasteiger partial charge on any atom is 1.00 e. The third-order valence-corrected chi connectivity index (χ3v) is 0. The smallest absolute Gasteiger partial charge is 1.00 e. The molecule has 0 heterocycles. The minimum atomic E-state index is 0. The van der Waals surface area contributed by atoms with Gasteiger partial charge in [0.25, 0.3) is 0 Å². The van der Waals surface area contributed by atoms with E-state index in [2.05, 4.69) is 0 Å². The summed E-state index contributed by atoms with van der Waals surface area (Å²) in [5, 5.41) is 103. The molecule has 39 nitrogen and oxygen atoms in total. The molecule has 0 saturated carbocycles. The van der Waals surface area contributed by atoms with Crippen LogP contribution >= 0.6 is 0 Å². The van der Waals surface area contributed by atoms with E-state index in [1.807, 2.05) is 0 Å². The Morgan fingerprint density at radius 1 is 0.160 bits per heavy atom. The summed E-state index contributed by atoms with van der Waals surface area (Å²) in [5.74, 6) is 0. The average Bonchev–Trinajstić information content (AvgIpc) is 2.81. The molecular formula is H24N13Na11O26. The Morgan fingerprint density at radius 2 is 0.160 bits per heavy atom. The molecule has 0 bridgehead atoms. The average molecular weight is 875 g/mol. The molecule has 50 heteroatoms. The third-order valence-electron chi connectivity index (χ3n) is 0. The first kappa shape index (κ1) is 170. The summed E-state index contributed by atoms with van der Waals surface area (Å²) < 4.78 is 0. The fourth-order valence-electron chi connectivity index (χ4n) is 0. The van der Waals surface area contributed by atoms with Crippen molar-refractivity contribution in [3.63, 3.8) is 0 Å². The molecule has 0 unspecified atom stereocenters. The summed E-state index contributed by atoms with van der Waals surface area (Å²) in [7, 11) is 0. The first-order valence-corrected chi connectivity index (χ1v) is 4.97. The van der Waals surface area contributed by atoms with Crippen molar-refractivity contribution in [3.8, 4) is 0 Å². The number of hydrogen-bond donors (Lipinski definition) is 13. The summed E-state index contributed by atoms with van der Waals surface area (Å²) in [6, 6.07) is 0. The zero-order chi connectivity index (χ0) is 35.2. The predicted molar refractivity (Wildman–Crippen MR) is 111 cm³/mol. The predicted octanol–water partition coefficient (Wildman–Crippen LogP) is -29.9. The summed E-state index contributed by atoms with van der Waals surface area (Å²) in [6.45, 7) is 0. The van der Waals surface area contributed by atoms with E-state index in [0.29, 0.717) is 0 Å². The number of rotatable bonds is 0. The Hall–Kier alpha value is 3.20. The van der Waals surface area contributed by atoms with Gasteiger partial charge >= 0.3 is 325 Å². The summed E-state index contributed by atoms with van der Waals surface area (Å²) in [6.07, 6.45) is 0. The molecule has 256 valence electrons. The van der Waals surface area contributed by atoms with Crippen molar-refractivity contribution in [1.82, 2.24) is 0 Å². The van der Waals surface area contributed by atoms with Gasteiger partial charge in [-0.15, -0.1) is 63.8 Å². The zero-order valence-electron chi connectivity index (χ0n) is 38.9. The maximum absolute atomic E-state index is 8.11. The molecule has 0 amide bonds. The van der Waals surface area contributed by atoms with Crippen LogP contribution in [-0.2, 0) is 0 Å². The van der Waals surface area contributed by atoms with Crippen LogP contribution in [0.5, 0.6) is 0 Å². The largest absolute Gasteiger partial charge is 1.00 e. The van der Waals surface area contributed by atoms with Gasteiger partial charge in [0, 0.05) is 0 Å². The van der Waals surface area contributed by atoms with Gasteiger partial charge in [0.1, 0.15) is 0 Å². The van der Waals surface area contributed by atoms with E-state index in [0.717, 1.165) is 0 Å². The normalized spacial score (nSPS) is 3.12. The first-order valence-electron chi connectivity index (χ1n) is 4.97. The molecule has 0 aromatic rings. The Bertz CT molecular complexity index is 357. The minimum absolute atomic E-state index is 0. The standard InChI is InChI=1S/13HNO2.11Na.11H/c13*2-1-3;;;;;;;;;;;;;;;;;;;;;;/h13*(H,2,3);;;;;;;;;;;;;;;;;;;;;;/q;;;;;;;;;;;;;11*+1;11*-1. The molecule has 0 fully saturated rings. The fraction of sp³-hybridized carbons (Fsp3) is 0. The summed E-state index contributed by atoms with van der Waals surface area (Å²) in [5.41, 5.74) is 0. The van der Waals surface area contributed by atoms with E-state index >= 15 is 0 Å². The molecule has 0 saturated heterocycles. The van der Waals surface area contributed by atoms with Gasteiger partial charge in [-0.2, -0.15) is 0 Å². The monoisotopic (exact) mass is 875 g/mol. The van der Waals surface area contributed by atoms with Crippen LogP contribution in [-0.4, -0.2) is 67.7 Å². The van der Waals surface area contributed by atoms with Crippen LogP contribution in [0.3, 0.4) is 0 Å². The molecular weight excluding hydrogens is 851 g/mol. The van der Waals surface area contributed by atoms with Gasteiger partial charge in [0.05, 0.1) is 0 Å². The molecule has 0 aromatic heterocycles. The molecule has 0 aliphatic carbocycles. The quantitative estimate of drug-likeness (QED) is 0.0610. The van der Waals surface area contributed by atoms with Crippen LogP contribution in [0.4, 0.5) is 0 Å². The van der Waals surface area contributed by atoms with Crippen molar-refractivity contribution in [3.05, 3.63) is 63.8 Å². The molecule has 13 N–H and O–H groups in total. The molecule has 50 heavy (non-hydrogen) atoms. The van der Waals surface area contributed by atoms with Crippen molar-refractivity contribution in [1.29, 1.82) is 0 Å². The Kier molecular flexibility index (Phi) is 1770. The number of hydrogen-bond acceptors (Lipinski definition) is 26. The van der Waals surface area contributed by atoms with E-state index in [1.165, 1.54) is 69.4 Å². The van der Waals surface area contributed by atoms with Crippen molar-refractivity contribution < 1.29 is 409 Å². The van der Waals surface area contributed by atoms with Crippen molar-refractivity contribution in [2.75, 3.05) is 0 Å². The SMILES string of the molecule is O=NO.O=NO.O=NO.O=NO.O=NO.O=NO.O=NO.O=NO.O=NO.O=NO.O=NO.O=NO.O=NO.[H-].[H-].[H-].[H-].[H-].[H-].[H-].[H-].[H-].[H-].[H-].[Na+].[Na+].[Na+].[Na+].[Na+].[Na+].[Na+].[Na+].[Na+].[Na+].[Na+]. The third kappa shape index (κ3) is 12600. The number of nitrogens with zero attached hydrogens (tertiary/aromatic N) is 13. The van der Waals surface area contributed by atoms with Crippen molar-refractivity contribution in [2.45, 2.75) is 0 Å².